The van der Waals surface area contributed by atoms with Crippen molar-refractivity contribution in [2.24, 2.45) is 0 Å². The van der Waals surface area contributed by atoms with E-state index < -0.39 is 15.8 Å². The summed E-state index contributed by atoms with van der Waals surface area (Å²) >= 11 is 0. The molecule has 0 aliphatic carbocycles. The number of halogens is 1. The number of anilines is 3. The Bertz CT molecular complexity index is 1420. The molecule has 0 unspecified atom stereocenters. The molecule has 0 aromatic heterocycles. The van der Waals surface area contributed by atoms with Gasteiger partial charge in [0.2, 0.25) is 10.0 Å². The van der Waals surface area contributed by atoms with Crippen molar-refractivity contribution in [1.82, 2.24) is 4.90 Å². The molecule has 4 rings (SSSR count). The fourth-order valence-corrected chi connectivity index (χ4v) is 5.97. The van der Waals surface area contributed by atoms with Gasteiger partial charge in [-0.1, -0.05) is 43.7 Å². The summed E-state index contributed by atoms with van der Waals surface area (Å²) in [6.45, 7) is 2.90. The van der Waals surface area contributed by atoms with E-state index in [0.29, 0.717) is 53.4 Å². The van der Waals surface area contributed by atoms with Crippen LogP contribution >= 0.6 is 0 Å². The van der Waals surface area contributed by atoms with Gasteiger partial charge in [-0.15, -0.1) is 0 Å². The first-order chi connectivity index (χ1) is 18.2. The SMILES string of the molecule is CCCCS(=O)(=O)N(CCN(C)C)c1ccc(NC(=C2C(=O)Nc3cc(F)ccc32)c2ccccc2)cc1. The largest absolute Gasteiger partial charge is 0.354 e. The van der Waals surface area contributed by atoms with Crippen molar-refractivity contribution in [3.8, 4) is 0 Å². The highest BCUT2D eigenvalue weighted by Crippen LogP contribution is 2.38. The molecule has 0 saturated carbocycles. The van der Waals surface area contributed by atoms with Gasteiger partial charge < -0.3 is 15.5 Å². The summed E-state index contributed by atoms with van der Waals surface area (Å²) in [4.78, 5) is 15.0. The van der Waals surface area contributed by atoms with Gasteiger partial charge in [0.25, 0.3) is 5.91 Å². The Labute approximate surface area is 224 Å². The summed E-state index contributed by atoms with van der Waals surface area (Å²) in [6, 6.07) is 20.8. The van der Waals surface area contributed by atoms with Gasteiger partial charge in [0.05, 0.1) is 28.4 Å². The fraction of sp³-hybridized carbons (Fsp3) is 0.276. The molecule has 1 aliphatic rings. The Kier molecular flexibility index (Phi) is 8.48. The first kappa shape index (κ1) is 27.3. The highest BCUT2D eigenvalue weighted by Gasteiger charge is 2.29. The van der Waals surface area contributed by atoms with Crippen LogP contribution in [0.3, 0.4) is 0 Å². The second-order valence-electron chi connectivity index (χ2n) is 9.48. The molecule has 200 valence electrons. The quantitative estimate of drug-likeness (QED) is 0.327. The Morgan fingerprint density at radius 2 is 1.68 bits per heavy atom. The van der Waals surface area contributed by atoms with E-state index in [1.165, 1.54) is 16.4 Å². The fourth-order valence-electron chi connectivity index (χ4n) is 4.29. The third kappa shape index (κ3) is 6.23. The summed E-state index contributed by atoms with van der Waals surface area (Å²) in [7, 11) is 0.346. The Balaban J connectivity index is 1.70. The van der Waals surface area contributed by atoms with Gasteiger partial charge in [-0.25, -0.2) is 12.8 Å². The van der Waals surface area contributed by atoms with E-state index in [-0.39, 0.29) is 11.7 Å². The van der Waals surface area contributed by atoms with E-state index in [1.807, 2.05) is 56.3 Å². The minimum Gasteiger partial charge on any atom is -0.354 e. The van der Waals surface area contributed by atoms with Crippen LogP contribution in [0, 0.1) is 5.82 Å². The van der Waals surface area contributed by atoms with Crippen molar-refractivity contribution in [1.29, 1.82) is 0 Å². The van der Waals surface area contributed by atoms with Crippen molar-refractivity contribution >= 4 is 44.3 Å². The molecule has 1 heterocycles. The molecule has 9 heteroatoms. The zero-order chi connectivity index (χ0) is 27.3. The molecule has 1 aliphatic heterocycles. The molecule has 0 radical (unpaired) electrons. The number of sulfonamides is 1. The highest BCUT2D eigenvalue weighted by atomic mass is 32.2. The van der Waals surface area contributed by atoms with Gasteiger partial charge in [-0.2, -0.15) is 0 Å². The number of benzene rings is 3. The Morgan fingerprint density at radius 3 is 2.34 bits per heavy atom. The summed E-state index contributed by atoms with van der Waals surface area (Å²) in [6.07, 6.45) is 1.39. The minimum atomic E-state index is -3.48. The first-order valence-corrected chi connectivity index (χ1v) is 14.2. The number of rotatable bonds is 11. The lowest BCUT2D eigenvalue weighted by Crippen LogP contribution is -2.38. The highest BCUT2D eigenvalue weighted by molar-refractivity contribution is 7.92. The molecule has 7 nitrogen and oxygen atoms in total. The number of carbonyl (C=O) groups excluding carboxylic acids is 1. The molecular weight excluding hydrogens is 503 g/mol. The van der Waals surface area contributed by atoms with E-state index in [9.17, 15) is 17.6 Å². The number of fused-ring (bicyclic) bond motifs is 1. The van der Waals surface area contributed by atoms with Crippen LogP contribution < -0.4 is 14.9 Å². The predicted molar refractivity (Wildman–Crippen MR) is 153 cm³/mol. The van der Waals surface area contributed by atoms with Crippen LogP contribution in [-0.2, 0) is 14.8 Å². The number of likely N-dealkylation sites (N-methyl/N-ethyl adjacent to an activating group) is 1. The smallest absolute Gasteiger partial charge is 0.258 e. The van der Waals surface area contributed by atoms with Crippen LogP contribution in [0.25, 0.3) is 11.3 Å². The average Bonchev–Trinajstić information content (AvgIpc) is 3.21. The predicted octanol–water partition coefficient (Wildman–Crippen LogP) is 5.26. The number of nitrogens with zero attached hydrogens (tertiary/aromatic N) is 2. The Hall–Kier alpha value is -3.69. The van der Waals surface area contributed by atoms with Crippen LogP contribution in [0.1, 0.15) is 30.9 Å². The van der Waals surface area contributed by atoms with Crippen molar-refractivity contribution in [2.45, 2.75) is 19.8 Å². The standard InChI is InChI=1S/C29H33FN4O3S/c1-4-5-19-38(36,37)34(18-17-33(2)3)24-14-12-23(13-15-24)31-28(21-9-7-6-8-10-21)27-25-16-11-22(30)20-26(25)32-29(27)35/h6-16,20,31H,4-5,17-19H2,1-3H3,(H,32,35). The zero-order valence-corrected chi connectivity index (χ0v) is 22.7. The second-order valence-corrected chi connectivity index (χ2v) is 11.5. The minimum absolute atomic E-state index is 0.0935. The summed E-state index contributed by atoms with van der Waals surface area (Å²) < 4.78 is 41.5. The number of unbranched alkanes of at least 4 members (excludes halogenated alkanes) is 1. The molecule has 1 amide bonds. The van der Waals surface area contributed by atoms with E-state index >= 15 is 0 Å². The topological polar surface area (TPSA) is 81.8 Å². The van der Waals surface area contributed by atoms with E-state index in [1.54, 1.807) is 30.3 Å². The molecular formula is C29H33FN4O3S. The van der Waals surface area contributed by atoms with Gasteiger partial charge in [0, 0.05) is 24.3 Å². The van der Waals surface area contributed by atoms with Gasteiger partial charge in [0.15, 0.2) is 0 Å². The molecule has 38 heavy (non-hydrogen) atoms. The lowest BCUT2D eigenvalue weighted by molar-refractivity contribution is -0.110. The van der Waals surface area contributed by atoms with Gasteiger partial charge in [0.1, 0.15) is 5.82 Å². The lowest BCUT2D eigenvalue weighted by Gasteiger charge is -2.26. The van der Waals surface area contributed by atoms with Crippen molar-refractivity contribution in [3.63, 3.8) is 0 Å². The lowest BCUT2D eigenvalue weighted by atomic mass is 10.00. The average molecular weight is 537 g/mol. The van der Waals surface area contributed by atoms with E-state index in [0.717, 1.165) is 12.0 Å². The van der Waals surface area contributed by atoms with Crippen LogP contribution in [0.5, 0.6) is 0 Å². The number of hydrogen-bond acceptors (Lipinski definition) is 5. The van der Waals surface area contributed by atoms with Crippen molar-refractivity contribution in [2.75, 3.05) is 47.9 Å². The molecule has 3 aromatic carbocycles. The normalized spacial score (nSPS) is 14.3. The van der Waals surface area contributed by atoms with Crippen LogP contribution in [-0.4, -0.2) is 52.2 Å². The molecule has 0 spiro atoms. The van der Waals surface area contributed by atoms with Gasteiger partial charge in [-0.05, 0) is 68.5 Å². The van der Waals surface area contributed by atoms with Crippen molar-refractivity contribution < 1.29 is 17.6 Å². The second kappa shape index (κ2) is 11.8. The summed E-state index contributed by atoms with van der Waals surface area (Å²) in [5.41, 5.74) is 4.06. The third-order valence-electron chi connectivity index (χ3n) is 6.31. The zero-order valence-electron chi connectivity index (χ0n) is 21.9. The number of nitrogens with one attached hydrogen (secondary N) is 2. The number of hydrogen-bond donors (Lipinski definition) is 2. The molecule has 0 fully saturated rings. The van der Waals surface area contributed by atoms with Gasteiger partial charge in [-0.3, -0.25) is 9.10 Å². The van der Waals surface area contributed by atoms with Crippen LogP contribution in [0.15, 0.2) is 72.8 Å². The maximum atomic E-state index is 13.8. The Morgan fingerprint density at radius 1 is 0.974 bits per heavy atom. The molecule has 0 atom stereocenters. The monoisotopic (exact) mass is 536 g/mol. The maximum Gasteiger partial charge on any atom is 0.258 e. The van der Waals surface area contributed by atoms with E-state index in [4.69, 9.17) is 0 Å². The van der Waals surface area contributed by atoms with Gasteiger partial charge >= 0.3 is 0 Å². The summed E-state index contributed by atoms with van der Waals surface area (Å²) in [5.74, 6) is -0.663. The molecule has 0 saturated heterocycles. The molecule has 2 N–H and O–H groups in total. The third-order valence-corrected chi connectivity index (χ3v) is 8.17. The maximum absolute atomic E-state index is 13.8. The first-order valence-electron chi connectivity index (χ1n) is 12.6. The molecule has 0 bridgehead atoms. The van der Waals surface area contributed by atoms with Crippen LogP contribution in [0.2, 0.25) is 0 Å². The van der Waals surface area contributed by atoms with E-state index in [2.05, 4.69) is 10.6 Å². The van der Waals surface area contributed by atoms with Crippen molar-refractivity contribution in [3.05, 3.63) is 89.7 Å². The number of amides is 1. The number of carbonyl (C=O) groups is 1. The molecule has 3 aromatic rings. The van der Waals surface area contributed by atoms with Crippen LogP contribution in [0.4, 0.5) is 21.5 Å². The summed E-state index contributed by atoms with van der Waals surface area (Å²) in [5, 5.41) is 6.11.